The molecular formula is C15H16N4. The molecule has 0 fully saturated rings. The molecule has 0 saturated carbocycles. The van der Waals surface area contributed by atoms with Crippen molar-refractivity contribution in [3.8, 4) is 0 Å². The molecule has 3 aromatic rings. The van der Waals surface area contributed by atoms with Crippen molar-refractivity contribution in [1.82, 2.24) is 15.0 Å². The highest BCUT2D eigenvalue weighted by atomic mass is 15.0. The van der Waals surface area contributed by atoms with Gasteiger partial charge < -0.3 is 10.7 Å². The fourth-order valence-corrected chi connectivity index (χ4v) is 2.17. The number of anilines is 1. The molecule has 0 spiro atoms. The number of imidazole rings is 1. The van der Waals surface area contributed by atoms with E-state index in [0.29, 0.717) is 0 Å². The van der Waals surface area contributed by atoms with Crippen LogP contribution in [-0.2, 0) is 12.8 Å². The van der Waals surface area contributed by atoms with Gasteiger partial charge in [0.25, 0.3) is 0 Å². The van der Waals surface area contributed by atoms with Gasteiger partial charge in [0.05, 0.1) is 5.52 Å². The third kappa shape index (κ3) is 2.42. The van der Waals surface area contributed by atoms with Gasteiger partial charge in [-0.15, -0.1) is 0 Å². The van der Waals surface area contributed by atoms with Crippen LogP contribution in [0.25, 0.3) is 11.2 Å². The highest BCUT2D eigenvalue weighted by Crippen LogP contribution is 2.15. The predicted molar refractivity (Wildman–Crippen MR) is 76.9 cm³/mol. The lowest BCUT2D eigenvalue weighted by atomic mass is 10.1. The van der Waals surface area contributed by atoms with Gasteiger partial charge in [-0.1, -0.05) is 18.2 Å². The van der Waals surface area contributed by atoms with Crippen molar-refractivity contribution in [3.05, 3.63) is 53.5 Å². The molecule has 19 heavy (non-hydrogen) atoms. The molecule has 0 aliphatic carbocycles. The molecular weight excluding hydrogens is 236 g/mol. The molecule has 3 rings (SSSR count). The summed E-state index contributed by atoms with van der Waals surface area (Å²) >= 11 is 0. The lowest BCUT2D eigenvalue weighted by Crippen LogP contribution is -1.97. The Balaban J connectivity index is 1.80. The maximum Gasteiger partial charge on any atom is 0.177 e. The number of H-pyrrole nitrogens is 1. The number of nitrogen functional groups attached to an aromatic ring is 1. The summed E-state index contributed by atoms with van der Waals surface area (Å²) in [6.07, 6.45) is 1.72. The Morgan fingerprint density at radius 3 is 2.74 bits per heavy atom. The predicted octanol–water partition coefficient (Wildman–Crippen LogP) is 2.63. The summed E-state index contributed by atoms with van der Waals surface area (Å²) in [4.78, 5) is 12.2. The van der Waals surface area contributed by atoms with Crippen LogP contribution < -0.4 is 5.73 Å². The van der Waals surface area contributed by atoms with Gasteiger partial charge in [-0.2, -0.15) is 0 Å². The number of benzene rings is 1. The van der Waals surface area contributed by atoms with Crippen LogP contribution in [0.4, 0.5) is 5.69 Å². The number of hydrogen-bond acceptors (Lipinski definition) is 3. The van der Waals surface area contributed by atoms with Gasteiger partial charge in [0, 0.05) is 17.8 Å². The van der Waals surface area contributed by atoms with Crippen LogP contribution >= 0.6 is 0 Å². The third-order valence-electron chi connectivity index (χ3n) is 3.22. The van der Waals surface area contributed by atoms with Crippen LogP contribution in [0, 0.1) is 6.92 Å². The van der Waals surface area contributed by atoms with E-state index in [-0.39, 0.29) is 0 Å². The summed E-state index contributed by atoms with van der Waals surface area (Å²) in [6.45, 7) is 1.97. The number of aromatic nitrogens is 3. The fourth-order valence-electron chi connectivity index (χ4n) is 2.17. The standard InChI is InChI=1S/C15H16N4/c1-10-6-8-13-15(17-10)19-14(18-13)9-7-11-4-2-3-5-12(11)16/h2-6,8H,7,9,16H2,1H3,(H,17,18,19). The quantitative estimate of drug-likeness (QED) is 0.704. The maximum absolute atomic E-state index is 5.94. The van der Waals surface area contributed by atoms with E-state index in [0.717, 1.165) is 46.8 Å². The van der Waals surface area contributed by atoms with E-state index in [1.165, 1.54) is 0 Å². The van der Waals surface area contributed by atoms with Crippen LogP contribution in [0.1, 0.15) is 17.1 Å². The van der Waals surface area contributed by atoms with Gasteiger partial charge in [-0.25, -0.2) is 9.97 Å². The highest BCUT2D eigenvalue weighted by Gasteiger charge is 2.05. The molecule has 1 aromatic carbocycles. The average molecular weight is 252 g/mol. The smallest absolute Gasteiger partial charge is 0.177 e. The summed E-state index contributed by atoms with van der Waals surface area (Å²) in [5.41, 5.74) is 10.7. The van der Waals surface area contributed by atoms with E-state index >= 15 is 0 Å². The number of aromatic amines is 1. The number of rotatable bonds is 3. The van der Waals surface area contributed by atoms with Crippen molar-refractivity contribution in [3.63, 3.8) is 0 Å². The second kappa shape index (κ2) is 4.72. The number of para-hydroxylation sites is 1. The first-order valence-corrected chi connectivity index (χ1v) is 6.38. The van der Waals surface area contributed by atoms with Gasteiger partial charge >= 0.3 is 0 Å². The van der Waals surface area contributed by atoms with Crippen molar-refractivity contribution in [2.75, 3.05) is 5.73 Å². The normalized spacial score (nSPS) is 11.0. The molecule has 4 heteroatoms. The topological polar surface area (TPSA) is 67.6 Å². The lowest BCUT2D eigenvalue weighted by Gasteiger charge is -2.03. The number of nitrogens with one attached hydrogen (secondary N) is 1. The van der Waals surface area contributed by atoms with Crippen LogP contribution in [-0.4, -0.2) is 15.0 Å². The molecule has 0 bridgehead atoms. The summed E-state index contributed by atoms with van der Waals surface area (Å²) in [6, 6.07) is 12.0. The number of fused-ring (bicyclic) bond motifs is 1. The van der Waals surface area contributed by atoms with Crippen molar-refractivity contribution < 1.29 is 0 Å². The van der Waals surface area contributed by atoms with Crippen molar-refractivity contribution in [2.24, 2.45) is 0 Å². The molecule has 0 saturated heterocycles. The van der Waals surface area contributed by atoms with Gasteiger partial charge in [-0.05, 0) is 37.1 Å². The molecule has 0 radical (unpaired) electrons. The minimum atomic E-state index is 0.788. The van der Waals surface area contributed by atoms with Crippen LogP contribution in [0.2, 0.25) is 0 Å². The Bertz CT molecular complexity index is 715. The Morgan fingerprint density at radius 2 is 1.89 bits per heavy atom. The second-order valence-corrected chi connectivity index (χ2v) is 4.71. The zero-order chi connectivity index (χ0) is 13.2. The van der Waals surface area contributed by atoms with E-state index in [1.54, 1.807) is 0 Å². The maximum atomic E-state index is 5.94. The Labute approximate surface area is 111 Å². The first-order chi connectivity index (χ1) is 9.22. The third-order valence-corrected chi connectivity index (χ3v) is 3.22. The number of pyridine rings is 1. The first-order valence-electron chi connectivity index (χ1n) is 6.38. The summed E-state index contributed by atoms with van der Waals surface area (Å²) < 4.78 is 0. The number of hydrogen-bond donors (Lipinski definition) is 2. The second-order valence-electron chi connectivity index (χ2n) is 4.71. The average Bonchev–Trinajstić information content (AvgIpc) is 2.79. The molecule has 0 unspecified atom stereocenters. The zero-order valence-electron chi connectivity index (χ0n) is 10.9. The molecule has 0 aliphatic rings. The fraction of sp³-hybridized carbons (Fsp3) is 0.200. The van der Waals surface area contributed by atoms with Gasteiger partial charge in [-0.3, -0.25) is 0 Å². The monoisotopic (exact) mass is 252 g/mol. The number of nitrogens with two attached hydrogens (primary N) is 1. The first kappa shape index (κ1) is 11.7. The molecule has 2 aromatic heterocycles. The van der Waals surface area contributed by atoms with Crippen LogP contribution in [0.5, 0.6) is 0 Å². The minimum Gasteiger partial charge on any atom is -0.399 e. The van der Waals surface area contributed by atoms with Crippen molar-refractivity contribution in [1.29, 1.82) is 0 Å². The van der Waals surface area contributed by atoms with E-state index in [4.69, 9.17) is 5.73 Å². The van der Waals surface area contributed by atoms with Gasteiger partial charge in [0.1, 0.15) is 5.82 Å². The van der Waals surface area contributed by atoms with E-state index in [2.05, 4.69) is 21.0 Å². The molecule has 0 atom stereocenters. The Morgan fingerprint density at radius 1 is 1.05 bits per heavy atom. The van der Waals surface area contributed by atoms with Crippen molar-refractivity contribution in [2.45, 2.75) is 19.8 Å². The number of nitrogens with zero attached hydrogens (tertiary/aromatic N) is 2. The summed E-state index contributed by atoms with van der Waals surface area (Å²) in [5, 5.41) is 0. The SMILES string of the molecule is Cc1ccc2[nH]c(CCc3ccccc3N)nc2n1. The molecule has 96 valence electrons. The van der Waals surface area contributed by atoms with Crippen LogP contribution in [0.15, 0.2) is 36.4 Å². The van der Waals surface area contributed by atoms with Gasteiger partial charge in [0.15, 0.2) is 5.65 Å². The van der Waals surface area contributed by atoms with E-state index in [1.807, 2.05) is 37.3 Å². The molecule has 0 aliphatic heterocycles. The zero-order valence-corrected chi connectivity index (χ0v) is 10.9. The molecule has 3 N–H and O–H groups in total. The molecule has 0 amide bonds. The number of aryl methyl sites for hydroxylation is 3. The van der Waals surface area contributed by atoms with Crippen molar-refractivity contribution >= 4 is 16.9 Å². The Kier molecular flexibility index (Phi) is 2.91. The molecule has 4 nitrogen and oxygen atoms in total. The highest BCUT2D eigenvalue weighted by molar-refractivity contribution is 5.70. The summed E-state index contributed by atoms with van der Waals surface area (Å²) in [5.74, 6) is 0.955. The van der Waals surface area contributed by atoms with Gasteiger partial charge in [0.2, 0.25) is 0 Å². The van der Waals surface area contributed by atoms with E-state index < -0.39 is 0 Å². The minimum absolute atomic E-state index is 0.788. The van der Waals surface area contributed by atoms with E-state index in [9.17, 15) is 0 Å². The summed E-state index contributed by atoms with van der Waals surface area (Å²) in [7, 11) is 0. The lowest BCUT2D eigenvalue weighted by molar-refractivity contribution is 0.890. The Hall–Kier alpha value is -2.36. The van der Waals surface area contributed by atoms with Crippen LogP contribution in [0.3, 0.4) is 0 Å². The molecule has 2 heterocycles. The largest absolute Gasteiger partial charge is 0.399 e.